The average molecular weight is 251 g/mol. The molecule has 100 valence electrons. The van der Waals surface area contributed by atoms with Crippen molar-refractivity contribution >= 4 is 17.6 Å². The second-order valence-electron chi connectivity index (χ2n) is 4.74. The number of hydrogen-bond acceptors (Lipinski definition) is 6. The maximum Gasteiger partial charge on any atom is 0.223 e. The molecule has 6 nitrogen and oxygen atoms in total. The smallest absolute Gasteiger partial charge is 0.223 e. The van der Waals surface area contributed by atoms with Crippen LogP contribution in [0.2, 0.25) is 0 Å². The van der Waals surface area contributed by atoms with E-state index in [0.29, 0.717) is 5.92 Å². The van der Waals surface area contributed by atoms with Gasteiger partial charge in [-0.2, -0.15) is 9.97 Å². The summed E-state index contributed by atoms with van der Waals surface area (Å²) in [6, 6.07) is 1.85. The molecule has 2 atom stereocenters. The molecule has 0 aromatic carbocycles. The predicted octanol–water partition coefficient (Wildman–Crippen LogP) is 1.06. The van der Waals surface area contributed by atoms with E-state index in [9.17, 15) is 5.11 Å². The molecule has 1 aliphatic rings. The Morgan fingerprint density at radius 3 is 2.67 bits per heavy atom. The van der Waals surface area contributed by atoms with E-state index in [0.717, 1.165) is 44.0 Å². The highest BCUT2D eigenvalue weighted by Crippen LogP contribution is 2.25. The highest BCUT2D eigenvalue weighted by atomic mass is 16.3. The lowest BCUT2D eigenvalue weighted by atomic mass is 10.1. The largest absolute Gasteiger partial charge is 0.393 e. The van der Waals surface area contributed by atoms with Gasteiger partial charge in [-0.1, -0.05) is 0 Å². The highest BCUT2D eigenvalue weighted by Gasteiger charge is 2.22. The predicted molar refractivity (Wildman–Crippen MR) is 72.4 cm³/mol. The van der Waals surface area contributed by atoms with Crippen LogP contribution >= 0.6 is 0 Å². The Hall–Kier alpha value is -1.56. The molecule has 0 amide bonds. The van der Waals surface area contributed by atoms with Gasteiger partial charge in [0.25, 0.3) is 0 Å². The normalized spacial score (nSPS) is 23.0. The first kappa shape index (κ1) is 12.9. The van der Waals surface area contributed by atoms with E-state index in [1.807, 2.05) is 13.0 Å². The van der Waals surface area contributed by atoms with E-state index >= 15 is 0 Å². The number of nitrogens with two attached hydrogens (primary N) is 1. The molecule has 1 aromatic heterocycles. The van der Waals surface area contributed by atoms with Crippen molar-refractivity contribution in [3.63, 3.8) is 0 Å². The number of nitrogen functional groups attached to an aromatic ring is 1. The van der Waals surface area contributed by atoms with Crippen LogP contribution in [-0.2, 0) is 0 Å². The minimum atomic E-state index is -0.135. The van der Waals surface area contributed by atoms with Gasteiger partial charge in [0.15, 0.2) is 0 Å². The number of aliphatic hydroxyl groups excluding tert-OH is 1. The van der Waals surface area contributed by atoms with E-state index in [-0.39, 0.29) is 12.1 Å². The lowest BCUT2D eigenvalue weighted by Crippen LogP contribution is -2.14. The van der Waals surface area contributed by atoms with Crippen molar-refractivity contribution in [2.45, 2.75) is 32.3 Å². The van der Waals surface area contributed by atoms with Gasteiger partial charge in [0.2, 0.25) is 5.95 Å². The van der Waals surface area contributed by atoms with Crippen LogP contribution in [0.3, 0.4) is 0 Å². The number of anilines is 3. The number of nitrogens with one attached hydrogen (secondary N) is 2. The Morgan fingerprint density at radius 1 is 1.33 bits per heavy atom. The van der Waals surface area contributed by atoms with Crippen LogP contribution in [0.4, 0.5) is 17.6 Å². The number of nitrogens with zero attached hydrogens (tertiary/aromatic N) is 2. The Morgan fingerprint density at radius 2 is 2.06 bits per heavy atom. The number of hydrogen-bond donors (Lipinski definition) is 4. The lowest BCUT2D eigenvalue weighted by molar-refractivity contribution is 0.178. The van der Waals surface area contributed by atoms with Crippen LogP contribution in [0.5, 0.6) is 0 Å². The van der Waals surface area contributed by atoms with E-state index in [4.69, 9.17) is 5.73 Å². The van der Waals surface area contributed by atoms with Crippen molar-refractivity contribution in [3.05, 3.63) is 6.07 Å². The van der Waals surface area contributed by atoms with Gasteiger partial charge in [0.05, 0.1) is 6.10 Å². The third kappa shape index (κ3) is 3.46. The van der Waals surface area contributed by atoms with Crippen LogP contribution in [0.25, 0.3) is 0 Å². The Kier molecular flexibility index (Phi) is 4.19. The molecule has 0 aliphatic heterocycles. The maximum atomic E-state index is 9.47. The van der Waals surface area contributed by atoms with Gasteiger partial charge in [0.1, 0.15) is 11.6 Å². The Labute approximate surface area is 107 Å². The third-order valence-corrected chi connectivity index (χ3v) is 3.19. The molecule has 2 unspecified atom stereocenters. The molecule has 1 aromatic rings. The van der Waals surface area contributed by atoms with Crippen LogP contribution in [-0.4, -0.2) is 34.3 Å². The van der Waals surface area contributed by atoms with Crippen molar-refractivity contribution in [1.29, 1.82) is 0 Å². The first-order valence-electron chi connectivity index (χ1n) is 6.47. The van der Waals surface area contributed by atoms with E-state index in [1.165, 1.54) is 0 Å². The summed E-state index contributed by atoms with van der Waals surface area (Å²) in [5, 5.41) is 15.8. The minimum Gasteiger partial charge on any atom is -0.393 e. The highest BCUT2D eigenvalue weighted by molar-refractivity contribution is 5.50. The topological polar surface area (TPSA) is 96.1 Å². The van der Waals surface area contributed by atoms with Crippen LogP contribution in [0.1, 0.15) is 26.2 Å². The summed E-state index contributed by atoms with van der Waals surface area (Å²) in [7, 11) is 0. The molecule has 2 rings (SSSR count). The molecule has 6 heteroatoms. The second-order valence-corrected chi connectivity index (χ2v) is 4.74. The van der Waals surface area contributed by atoms with Gasteiger partial charge >= 0.3 is 0 Å². The number of rotatable bonds is 5. The van der Waals surface area contributed by atoms with Crippen LogP contribution in [0.15, 0.2) is 6.07 Å². The molecule has 1 aliphatic carbocycles. The summed E-state index contributed by atoms with van der Waals surface area (Å²) >= 11 is 0. The monoisotopic (exact) mass is 251 g/mol. The molecule has 1 heterocycles. The molecule has 0 radical (unpaired) electrons. The molecular weight excluding hydrogens is 230 g/mol. The molecule has 0 saturated heterocycles. The van der Waals surface area contributed by atoms with Crippen LogP contribution in [0, 0.1) is 5.92 Å². The van der Waals surface area contributed by atoms with Crippen molar-refractivity contribution in [1.82, 2.24) is 9.97 Å². The summed E-state index contributed by atoms with van der Waals surface area (Å²) in [6.07, 6.45) is 2.70. The Bertz CT molecular complexity index is 398. The van der Waals surface area contributed by atoms with Gasteiger partial charge in [-0.3, -0.25) is 0 Å². The summed E-state index contributed by atoms with van der Waals surface area (Å²) in [5.74, 6) is 2.25. The van der Waals surface area contributed by atoms with Crippen molar-refractivity contribution < 1.29 is 5.11 Å². The zero-order valence-electron chi connectivity index (χ0n) is 10.7. The number of aromatic nitrogens is 2. The molecule has 1 saturated carbocycles. The SMILES string of the molecule is CCNc1cc(NCC2CCC(O)C2)nc(N)n1. The standard InChI is InChI=1S/C12H21N5O/c1-2-14-10-6-11(17-12(13)16-10)15-7-8-3-4-9(18)5-8/h6,8-9,18H,2-5,7H2,1H3,(H4,13,14,15,16,17). The second kappa shape index (κ2) is 5.86. The fourth-order valence-electron chi connectivity index (χ4n) is 2.31. The maximum absolute atomic E-state index is 9.47. The van der Waals surface area contributed by atoms with Gasteiger partial charge in [0, 0.05) is 19.2 Å². The fourth-order valence-corrected chi connectivity index (χ4v) is 2.31. The van der Waals surface area contributed by atoms with E-state index in [1.54, 1.807) is 0 Å². The molecule has 0 bridgehead atoms. The van der Waals surface area contributed by atoms with Gasteiger partial charge in [-0.15, -0.1) is 0 Å². The Balaban J connectivity index is 1.92. The quantitative estimate of drug-likeness (QED) is 0.625. The first-order valence-corrected chi connectivity index (χ1v) is 6.47. The molecular formula is C12H21N5O. The van der Waals surface area contributed by atoms with E-state index in [2.05, 4.69) is 20.6 Å². The number of aliphatic hydroxyl groups is 1. The van der Waals surface area contributed by atoms with Gasteiger partial charge in [-0.05, 0) is 32.1 Å². The zero-order chi connectivity index (χ0) is 13.0. The molecule has 5 N–H and O–H groups in total. The van der Waals surface area contributed by atoms with E-state index < -0.39 is 0 Å². The van der Waals surface area contributed by atoms with Crippen LogP contribution < -0.4 is 16.4 Å². The minimum absolute atomic E-state index is 0.135. The van der Waals surface area contributed by atoms with Crippen molar-refractivity contribution in [2.24, 2.45) is 5.92 Å². The first-order chi connectivity index (χ1) is 8.67. The molecule has 0 spiro atoms. The van der Waals surface area contributed by atoms with Crippen molar-refractivity contribution in [3.8, 4) is 0 Å². The zero-order valence-corrected chi connectivity index (χ0v) is 10.7. The summed E-state index contributed by atoms with van der Waals surface area (Å²) in [6.45, 7) is 3.62. The lowest BCUT2D eigenvalue weighted by Gasteiger charge is -2.12. The van der Waals surface area contributed by atoms with Crippen molar-refractivity contribution in [2.75, 3.05) is 29.5 Å². The summed E-state index contributed by atoms with van der Waals surface area (Å²) < 4.78 is 0. The van der Waals surface area contributed by atoms with Gasteiger partial charge < -0.3 is 21.5 Å². The molecule has 1 fully saturated rings. The average Bonchev–Trinajstić information content (AvgIpc) is 2.72. The third-order valence-electron chi connectivity index (χ3n) is 3.19. The fraction of sp³-hybridized carbons (Fsp3) is 0.667. The summed E-state index contributed by atoms with van der Waals surface area (Å²) in [4.78, 5) is 8.24. The molecule has 18 heavy (non-hydrogen) atoms. The summed E-state index contributed by atoms with van der Waals surface area (Å²) in [5.41, 5.74) is 5.65. The van der Waals surface area contributed by atoms with Gasteiger partial charge in [-0.25, -0.2) is 0 Å².